The Hall–Kier alpha value is -3.54. The first-order chi connectivity index (χ1) is 14.1. The lowest BCUT2D eigenvalue weighted by Gasteiger charge is -2.32. The fraction of sp³-hybridized carbons (Fsp3) is 0.217. The number of benzene rings is 1. The molecule has 6 heteroatoms. The second-order valence-corrected chi connectivity index (χ2v) is 7.22. The van der Waals surface area contributed by atoms with Crippen LogP contribution in [0.25, 0.3) is 11.3 Å². The highest BCUT2D eigenvalue weighted by molar-refractivity contribution is 5.94. The first-order valence-corrected chi connectivity index (χ1v) is 9.68. The Morgan fingerprint density at radius 1 is 1.00 bits per heavy atom. The van der Waals surface area contributed by atoms with Gasteiger partial charge in [0, 0.05) is 53.8 Å². The molecule has 3 heterocycles. The molecule has 0 saturated carbocycles. The van der Waals surface area contributed by atoms with Crippen LogP contribution in [-0.4, -0.2) is 39.8 Å². The average molecular weight is 386 g/mol. The first-order valence-electron chi connectivity index (χ1n) is 9.68. The minimum Gasteiger partial charge on any atom is -0.366 e. The summed E-state index contributed by atoms with van der Waals surface area (Å²) in [5.41, 5.74) is 9.12. The van der Waals surface area contributed by atoms with Crippen molar-refractivity contribution < 1.29 is 9.59 Å². The number of primary amides is 1. The van der Waals surface area contributed by atoms with Crippen molar-refractivity contribution >= 4 is 11.8 Å². The van der Waals surface area contributed by atoms with Crippen LogP contribution in [0, 0.1) is 0 Å². The maximum atomic E-state index is 12.8. The standard InChI is InChI=1S/C23H22N4O2/c24-22(28)18-5-1-4-17(14-18)20-7-2-8-21(26-20)19-6-3-13-27(15-19)23(29)16-9-11-25-12-10-16/h1-2,4-5,7-12,14,19H,3,6,13,15H2,(H2,24,28). The molecule has 6 nitrogen and oxygen atoms in total. The van der Waals surface area contributed by atoms with E-state index in [2.05, 4.69) is 4.98 Å². The fourth-order valence-electron chi connectivity index (χ4n) is 3.75. The minimum absolute atomic E-state index is 0.0300. The van der Waals surface area contributed by atoms with Gasteiger partial charge in [-0.2, -0.15) is 0 Å². The van der Waals surface area contributed by atoms with Crippen LogP contribution in [0.1, 0.15) is 45.2 Å². The van der Waals surface area contributed by atoms with Gasteiger partial charge in [-0.3, -0.25) is 19.6 Å². The zero-order valence-electron chi connectivity index (χ0n) is 16.0. The molecule has 0 aliphatic carbocycles. The highest BCUT2D eigenvalue weighted by atomic mass is 16.2. The van der Waals surface area contributed by atoms with Gasteiger partial charge in [0.25, 0.3) is 5.91 Å². The second-order valence-electron chi connectivity index (χ2n) is 7.22. The summed E-state index contributed by atoms with van der Waals surface area (Å²) in [5, 5.41) is 0. The SMILES string of the molecule is NC(=O)c1cccc(-c2cccc(C3CCCN(C(=O)c4ccncc4)C3)n2)c1. The summed E-state index contributed by atoms with van der Waals surface area (Å²) < 4.78 is 0. The molecular weight excluding hydrogens is 364 g/mol. The molecule has 2 aromatic heterocycles. The molecule has 1 atom stereocenters. The van der Waals surface area contributed by atoms with Gasteiger partial charge in [0.05, 0.1) is 5.69 Å². The van der Waals surface area contributed by atoms with E-state index in [9.17, 15) is 9.59 Å². The van der Waals surface area contributed by atoms with Gasteiger partial charge in [0.2, 0.25) is 5.91 Å². The van der Waals surface area contributed by atoms with E-state index in [0.29, 0.717) is 17.7 Å². The summed E-state index contributed by atoms with van der Waals surface area (Å²) in [6, 6.07) is 16.6. The predicted octanol–water partition coefficient (Wildman–Crippen LogP) is 3.26. The maximum Gasteiger partial charge on any atom is 0.253 e. The lowest BCUT2D eigenvalue weighted by Crippen LogP contribution is -2.39. The van der Waals surface area contributed by atoms with Gasteiger partial charge in [-0.25, -0.2) is 0 Å². The van der Waals surface area contributed by atoms with E-state index in [0.717, 1.165) is 36.3 Å². The number of carbonyl (C=O) groups is 2. The minimum atomic E-state index is -0.458. The van der Waals surface area contributed by atoms with Gasteiger partial charge < -0.3 is 10.6 Å². The normalized spacial score (nSPS) is 16.4. The van der Waals surface area contributed by atoms with Crippen molar-refractivity contribution in [2.75, 3.05) is 13.1 Å². The lowest BCUT2D eigenvalue weighted by atomic mass is 9.93. The Morgan fingerprint density at radius 3 is 2.59 bits per heavy atom. The summed E-state index contributed by atoms with van der Waals surface area (Å²) in [7, 11) is 0. The molecule has 2 N–H and O–H groups in total. The number of hydrogen-bond acceptors (Lipinski definition) is 4. The number of carbonyl (C=O) groups excluding carboxylic acids is 2. The lowest BCUT2D eigenvalue weighted by molar-refractivity contribution is 0.0705. The third-order valence-corrected chi connectivity index (χ3v) is 5.27. The van der Waals surface area contributed by atoms with Crippen LogP contribution in [0.15, 0.2) is 67.0 Å². The van der Waals surface area contributed by atoms with Crippen molar-refractivity contribution in [2.45, 2.75) is 18.8 Å². The van der Waals surface area contributed by atoms with Gasteiger partial charge >= 0.3 is 0 Å². The molecule has 4 rings (SSSR count). The number of pyridine rings is 2. The topological polar surface area (TPSA) is 89.2 Å². The Labute approximate surface area is 169 Å². The van der Waals surface area contributed by atoms with E-state index in [1.165, 1.54) is 0 Å². The summed E-state index contributed by atoms with van der Waals surface area (Å²) in [6.07, 6.45) is 5.20. The Bertz CT molecular complexity index is 1040. The van der Waals surface area contributed by atoms with Crippen molar-refractivity contribution in [3.05, 3.63) is 83.8 Å². The maximum absolute atomic E-state index is 12.8. The van der Waals surface area contributed by atoms with E-state index in [1.54, 1.807) is 42.7 Å². The van der Waals surface area contributed by atoms with E-state index in [-0.39, 0.29) is 11.8 Å². The molecule has 146 valence electrons. The number of likely N-dealkylation sites (tertiary alicyclic amines) is 1. The van der Waals surface area contributed by atoms with Gasteiger partial charge in [0.15, 0.2) is 0 Å². The van der Waals surface area contributed by atoms with Crippen LogP contribution in [0.5, 0.6) is 0 Å². The summed E-state index contributed by atoms with van der Waals surface area (Å²) in [5.74, 6) is -0.253. The van der Waals surface area contributed by atoms with E-state index >= 15 is 0 Å². The molecule has 1 aromatic carbocycles. The molecule has 1 aliphatic heterocycles. The van der Waals surface area contributed by atoms with E-state index in [4.69, 9.17) is 10.7 Å². The van der Waals surface area contributed by atoms with Crippen molar-refractivity contribution in [1.29, 1.82) is 0 Å². The molecule has 0 spiro atoms. The Morgan fingerprint density at radius 2 is 1.79 bits per heavy atom. The van der Waals surface area contributed by atoms with Gasteiger partial charge in [-0.15, -0.1) is 0 Å². The summed E-state index contributed by atoms with van der Waals surface area (Å²) in [6.45, 7) is 1.39. The molecule has 1 fully saturated rings. The Balaban J connectivity index is 1.56. The number of nitrogens with two attached hydrogens (primary N) is 1. The largest absolute Gasteiger partial charge is 0.366 e. The van der Waals surface area contributed by atoms with Crippen molar-refractivity contribution in [2.24, 2.45) is 5.73 Å². The van der Waals surface area contributed by atoms with Crippen LogP contribution in [0.2, 0.25) is 0 Å². The van der Waals surface area contributed by atoms with Crippen molar-refractivity contribution in [3.8, 4) is 11.3 Å². The highest BCUT2D eigenvalue weighted by Crippen LogP contribution is 2.28. The molecule has 1 aliphatic rings. The van der Waals surface area contributed by atoms with E-state index in [1.807, 2.05) is 29.2 Å². The molecule has 3 aromatic rings. The number of nitrogens with zero attached hydrogens (tertiary/aromatic N) is 3. The Kier molecular flexibility index (Phi) is 5.33. The summed E-state index contributed by atoms with van der Waals surface area (Å²) in [4.78, 5) is 35.0. The van der Waals surface area contributed by atoms with Crippen LogP contribution >= 0.6 is 0 Å². The number of hydrogen-bond donors (Lipinski definition) is 1. The highest BCUT2D eigenvalue weighted by Gasteiger charge is 2.26. The van der Waals surface area contributed by atoms with Crippen LogP contribution in [-0.2, 0) is 0 Å². The van der Waals surface area contributed by atoms with Crippen molar-refractivity contribution in [1.82, 2.24) is 14.9 Å². The summed E-state index contributed by atoms with van der Waals surface area (Å²) >= 11 is 0. The fourth-order valence-corrected chi connectivity index (χ4v) is 3.75. The second kappa shape index (κ2) is 8.22. The number of aromatic nitrogens is 2. The molecular formula is C23H22N4O2. The van der Waals surface area contributed by atoms with Crippen molar-refractivity contribution in [3.63, 3.8) is 0 Å². The van der Waals surface area contributed by atoms with Crippen LogP contribution in [0.3, 0.4) is 0 Å². The molecule has 0 radical (unpaired) electrons. The average Bonchev–Trinajstić information content (AvgIpc) is 2.79. The quantitative estimate of drug-likeness (QED) is 0.745. The predicted molar refractivity (Wildman–Crippen MR) is 110 cm³/mol. The number of rotatable bonds is 4. The molecule has 1 saturated heterocycles. The zero-order chi connectivity index (χ0) is 20.2. The van der Waals surface area contributed by atoms with Gasteiger partial charge in [-0.1, -0.05) is 18.2 Å². The van der Waals surface area contributed by atoms with Crippen LogP contribution < -0.4 is 5.73 Å². The van der Waals surface area contributed by atoms with Gasteiger partial charge in [-0.05, 0) is 49.2 Å². The molecule has 29 heavy (non-hydrogen) atoms. The molecule has 0 bridgehead atoms. The van der Waals surface area contributed by atoms with E-state index < -0.39 is 5.91 Å². The first kappa shape index (κ1) is 18.8. The van der Waals surface area contributed by atoms with Crippen LogP contribution in [0.4, 0.5) is 0 Å². The number of amides is 2. The monoisotopic (exact) mass is 386 g/mol. The van der Waals surface area contributed by atoms with Gasteiger partial charge in [0.1, 0.15) is 0 Å². The smallest absolute Gasteiger partial charge is 0.253 e. The molecule has 2 amide bonds. The number of piperidine rings is 1. The zero-order valence-corrected chi connectivity index (χ0v) is 16.0. The molecule has 1 unspecified atom stereocenters. The third kappa shape index (κ3) is 4.16. The third-order valence-electron chi connectivity index (χ3n) is 5.27.